The second kappa shape index (κ2) is 2.24. The number of hydrogen-bond donors (Lipinski definition) is 1. The third-order valence-electron chi connectivity index (χ3n) is 1.02. The summed E-state index contributed by atoms with van der Waals surface area (Å²) in [5.41, 5.74) is 0.989. The van der Waals surface area contributed by atoms with Crippen LogP contribution < -0.4 is 0 Å². The zero-order valence-corrected chi connectivity index (χ0v) is 7.51. The highest BCUT2D eigenvalue weighted by Crippen LogP contribution is 2.27. The lowest BCUT2D eigenvalue weighted by atomic mass is 10.2. The fourth-order valence-electron chi connectivity index (χ4n) is 0.488. The molecule has 4 heteroatoms. The summed E-state index contributed by atoms with van der Waals surface area (Å²) in [5, 5.41) is 10.2. The molecule has 0 aliphatic carbocycles. The number of aromatic amines is 1. The van der Waals surface area contributed by atoms with Gasteiger partial charge in [0.2, 0.25) is 0 Å². The SMILES string of the molecule is CC(C)(I)c1cn[nH]n1. The van der Waals surface area contributed by atoms with Crippen LogP contribution >= 0.6 is 22.6 Å². The first-order valence-electron chi connectivity index (χ1n) is 2.66. The molecule has 0 aliphatic heterocycles. The number of alkyl halides is 1. The zero-order valence-electron chi connectivity index (χ0n) is 5.35. The Morgan fingerprint density at radius 3 is 2.56 bits per heavy atom. The highest BCUT2D eigenvalue weighted by atomic mass is 127. The summed E-state index contributed by atoms with van der Waals surface area (Å²) in [4.78, 5) is 0. The first kappa shape index (κ1) is 6.98. The van der Waals surface area contributed by atoms with Gasteiger partial charge < -0.3 is 0 Å². The van der Waals surface area contributed by atoms with E-state index < -0.39 is 0 Å². The first-order chi connectivity index (χ1) is 4.11. The largest absolute Gasteiger partial charge is 0.198 e. The summed E-state index contributed by atoms with van der Waals surface area (Å²) >= 11 is 2.32. The van der Waals surface area contributed by atoms with Crippen LogP contribution in [-0.2, 0) is 3.42 Å². The minimum absolute atomic E-state index is 0.0881. The van der Waals surface area contributed by atoms with Crippen LogP contribution in [0.5, 0.6) is 0 Å². The lowest BCUT2D eigenvalue weighted by Crippen LogP contribution is -2.06. The van der Waals surface area contributed by atoms with Gasteiger partial charge in [-0.2, -0.15) is 15.4 Å². The van der Waals surface area contributed by atoms with E-state index in [1.54, 1.807) is 6.20 Å². The lowest BCUT2D eigenvalue weighted by Gasteiger charge is -2.09. The molecule has 0 saturated heterocycles. The van der Waals surface area contributed by atoms with Gasteiger partial charge in [-0.25, -0.2) is 0 Å². The van der Waals surface area contributed by atoms with Crippen molar-refractivity contribution in [2.45, 2.75) is 17.3 Å². The fraction of sp³-hybridized carbons (Fsp3) is 0.600. The number of aromatic nitrogens is 3. The fourth-order valence-corrected chi connectivity index (χ4v) is 0.748. The van der Waals surface area contributed by atoms with Crippen molar-refractivity contribution in [1.29, 1.82) is 0 Å². The predicted molar refractivity (Wildman–Crippen MR) is 43.4 cm³/mol. The smallest absolute Gasteiger partial charge is 0.0977 e. The third-order valence-corrected chi connectivity index (χ3v) is 1.58. The molecule has 0 radical (unpaired) electrons. The topological polar surface area (TPSA) is 41.6 Å². The molecular weight excluding hydrogens is 229 g/mol. The summed E-state index contributed by atoms with van der Waals surface area (Å²) in [6.45, 7) is 4.18. The van der Waals surface area contributed by atoms with Gasteiger partial charge in [0, 0.05) is 0 Å². The quantitative estimate of drug-likeness (QED) is 0.593. The molecule has 0 amide bonds. The third kappa shape index (κ3) is 1.64. The second-order valence-electron chi connectivity index (χ2n) is 2.33. The lowest BCUT2D eigenvalue weighted by molar-refractivity contribution is 0.773. The summed E-state index contributed by atoms with van der Waals surface area (Å²) in [7, 11) is 0. The molecule has 1 aromatic rings. The van der Waals surface area contributed by atoms with E-state index in [1.807, 2.05) is 0 Å². The van der Waals surface area contributed by atoms with Crippen LogP contribution in [0.2, 0.25) is 0 Å². The molecule has 0 unspecified atom stereocenters. The number of rotatable bonds is 1. The maximum absolute atomic E-state index is 3.94. The number of nitrogens with zero attached hydrogens (tertiary/aromatic N) is 2. The van der Waals surface area contributed by atoms with Crippen LogP contribution in [0.4, 0.5) is 0 Å². The molecule has 1 rings (SSSR count). The predicted octanol–water partition coefficient (Wildman–Crippen LogP) is 1.47. The van der Waals surface area contributed by atoms with Crippen LogP contribution in [0.15, 0.2) is 6.20 Å². The van der Waals surface area contributed by atoms with Crippen molar-refractivity contribution in [2.75, 3.05) is 0 Å². The Morgan fingerprint density at radius 2 is 2.33 bits per heavy atom. The van der Waals surface area contributed by atoms with E-state index in [1.165, 1.54) is 0 Å². The van der Waals surface area contributed by atoms with E-state index >= 15 is 0 Å². The number of halogens is 1. The van der Waals surface area contributed by atoms with E-state index in [2.05, 4.69) is 51.8 Å². The minimum Gasteiger partial charge on any atom is -0.198 e. The van der Waals surface area contributed by atoms with Gasteiger partial charge in [-0.1, -0.05) is 22.6 Å². The maximum Gasteiger partial charge on any atom is 0.0977 e. The Morgan fingerprint density at radius 1 is 1.67 bits per heavy atom. The van der Waals surface area contributed by atoms with Crippen molar-refractivity contribution < 1.29 is 0 Å². The van der Waals surface area contributed by atoms with Gasteiger partial charge in [-0.15, -0.1) is 0 Å². The number of hydrogen-bond acceptors (Lipinski definition) is 2. The number of H-pyrrole nitrogens is 1. The van der Waals surface area contributed by atoms with Crippen LogP contribution in [0, 0.1) is 0 Å². The molecule has 9 heavy (non-hydrogen) atoms. The summed E-state index contributed by atoms with van der Waals surface area (Å²) < 4.78 is 0.0881. The Balaban J connectivity index is 2.90. The molecule has 0 spiro atoms. The Labute approximate surface area is 67.4 Å². The molecule has 0 saturated carbocycles. The van der Waals surface area contributed by atoms with Gasteiger partial charge in [0.05, 0.1) is 15.3 Å². The highest BCUT2D eigenvalue weighted by Gasteiger charge is 2.17. The van der Waals surface area contributed by atoms with Crippen LogP contribution in [-0.4, -0.2) is 15.4 Å². The Bertz CT molecular complexity index is 175. The summed E-state index contributed by atoms with van der Waals surface area (Å²) in [6.07, 6.45) is 1.74. The normalized spacial score (nSPS) is 11.9. The van der Waals surface area contributed by atoms with E-state index in [9.17, 15) is 0 Å². The molecule has 0 bridgehead atoms. The molecule has 50 valence electrons. The summed E-state index contributed by atoms with van der Waals surface area (Å²) in [5.74, 6) is 0. The molecule has 1 aromatic heterocycles. The van der Waals surface area contributed by atoms with Gasteiger partial charge in [0.1, 0.15) is 0 Å². The Hall–Kier alpha value is -0.130. The molecule has 3 nitrogen and oxygen atoms in total. The standard InChI is InChI=1S/C5H8IN3/c1-5(2,6)4-3-7-9-8-4/h3H,1-2H3,(H,7,8,9). The molecule has 1 N–H and O–H groups in total. The zero-order chi connectivity index (χ0) is 6.91. The van der Waals surface area contributed by atoms with Gasteiger partial charge in [-0.05, 0) is 13.8 Å². The van der Waals surface area contributed by atoms with Crippen LogP contribution in [0.1, 0.15) is 19.5 Å². The Kier molecular flexibility index (Phi) is 1.74. The molecule has 1 heterocycles. The van der Waals surface area contributed by atoms with Crippen molar-refractivity contribution in [2.24, 2.45) is 0 Å². The number of nitrogens with one attached hydrogen (secondary N) is 1. The van der Waals surface area contributed by atoms with E-state index in [0.29, 0.717) is 0 Å². The van der Waals surface area contributed by atoms with E-state index in [4.69, 9.17) is 0 Å². The summed E-state index contributed by atoms with van der Waals surface area (Å²) in [6, 6.07) is 0. The van der Waals surface area contributed by atoms with E-state index in [0.717, 1.165) is 5.69 Å². The van der Waals surface area contributed by atoms with Crippen LogP contribution in [0.3, 0.4) is 0 Å². The average Bonchev–Trinajstić information content (AvgIpc) is 2.08. The second-order valence-corrected chi connectivity index (χ2v) is 5.02. The first-order valence-corrected chi connectivity index (χ1v) is 3.74. The van der Waals surface area contributed by atoms with Gasteiger partial charge in [0.15, 0.2) is 0 Å². The van der Waals surface area contributed by atoms with Crippen molar-refractivity contribution in [3.05, 3.63) is 11.9 Å². The van der Waals surface area contributed by atoms with Crippen LogP contribution in [0.25, 0.3) is 0 Å². The van der Waals surface area contributed by atoms with Crippen molar-refractivity contribution >= 4 is 22.6 Å². The van der Waals surface area contributed by atoms with Crippen molar-refractivity contribution in [1.82, 2.24) is 15.4 Å². The van der Waals surface area contributed by atoms with Crippen molar-refractivity contribution in [3.63, 3.8) is 0 Å². The molecule has 0 atom stereocenters. The maximum atomic E-state index is 3.94. The van der Waals surface area contributed by atoms with Gasteiger partial charge >= 0.3 is 0 Å². The molecular formula is C5H8IN3. The molecule has 0 aromatic carbocycles. The van der Waals surface area contributed by atoms with Crippen molar-refractivity contribution in [3.8, 4) is 0 Å². The molecule has 0 fully saturated rings. The van der Waals surface area contributed by atoms with Gasteiger partial charge in [0.25, 0.3) is 0 Å². The van der Waals surface area contributed by atoms with E-state index in [-0.39, 0.29) is 3.42 Å². The monoisotopic (exact) mass is 237 g/mol. The average molecular weight is 237 g/mol. The van der Waals surface area contributed by atoms with Gasteiger partial charge in [-0.3, -0.25) is 0 Å². The molecule has 0 aliphatic rings. The highest BCUT2D eigenvalue weighted by molar-refractivity contribution is 14.1. The minimum atomic E-state index is 0.0881.